The van der Waals surface area contributed by atoms with Crippen molar-refractivity contribution in [1.29, 1.82) is 0 Å². The van der Waals surface area contributed by atoms with Gasteiger partial charge in [0.05, 0.1) is 3.79 Å². The van der Waals surface area contributed by atoms with Gasteiger partial charge < -0.3 is 0 Å². The van der Waals surface area contributed by atoms with Crippen molar-refractivity contribution in [1.82, 2.24) is 0 Å². The van der Waals surface area contributed by atoms with E-state index in [0.29, 0.717) is 0 Å². The molecule has 0 amide bonds. The van der Waals surface area contributed by atoms with E-state index in [9.17, 15) is 0 Å². The van der Waals surface area contributed by atoms with Gasteiger partial charge in [-0.1, -0.05) is 26.2 Å². The Hall–Kier alpha value is 1.76. The van der Waals surface area contributed by atoms with E-state index in [4.69, 9.17) is 0 Å². The number of thiophene rings is 1. The molecule has 0 saturated heterocycles. The normalized spacial score (nSPS) is 9.07. The summed E-state index contributed by atoms with van der Waals surface area (Å²) in [6, 6.07) is 2.18. The zero-order chi connectivity index (χ0) is 11.5. The van der Waals surface area contributed by atoms with Crippen LogP contribution in [0.2, 0.25) is 0 Å². The fraction of sp³-hybridized carbons (Fsp3) is 0.600. The van der Waals surface area contributed by atoms with E-state index >= 15 is 0 Å². The van der Waals surface area contributed by atoms with Crippen molar-refractivity contribution in [2.75, 3.05) is 0 Å². The average molecular weight is 471 g/mol. The summed E-state index contributed by atoms with van der Waals surface area (Å²) < 4.78 is 1.20. The monoisotopic (exact) mass is 467 g/mol. The minimum absolute atomic E-state index is 0.250. The third-order valence-electron chi connectivity index (χ3n) is 1.87. The molecular weight excluding hydrogens is 457 g/mol. The SMILES string of the molecule is CCCCCCc1[c]sc(Br)c1.[Br][Zn][Br]. The van der Waals surface area contributed by atoms with E-state index in [1.807, 2.05) is 0 Å². The van der Waals surface area contributed by atoms with Crippen molar-refractivity contribution in [3.05, 3.63) is 20.8 Å². The predicted molar refractivity (Wildman–Crippen MR) is 76.6 cm³/mol. The van der Waals surface area contributed by atoms with Crippen LogP contribution in [0.1, 0.15) is 38.2 Å². The van der Waals surface area contributed by atoms with E-state index in [0.717, 1.165) is 0 Å². The molecule has 0 aliphatic carbocycles. The number of halogens is 3. The summed E-state index contributed by atoms with van der Waals surface area (Å²) in [5.74, 6) is 0. The van der Waals surface area contributed by atoms with Crippen LogP contribution in [0.3, 0.4) is 0 Å². The van der Waals surface area contributed by atoms with Crippen LogP contribution in [0.15, 0.2) is 9.85 Å². The molecule has 0 atom stereocenters. The van der Waals surface area contributed by atoms with Crippen molar-refractivity contribution < 1.29 is 13.2 Å². The minimum atomic E-state index is -0.250. The molecule has 15 heavy (non-hydrogen) atoms. The molecule has 0 aliphatic heterocycles. The van der Waals surface area contributed by atoms with E-state index in [2.05, 4.69) is 61.5 Å². The summed E-state index contributed by atoms with van der Waals surface area (Å²) in [7, 11) is 0. The van der Waals surface area contributed by atoms with Gasteiger partial charge in [-0.15, -0.1) is 11.3 Å². The molecule has 5 heteroatoms. The van der Waals surface area contributed by atoms with Gasteiger partial charge in [0.2, 0.25) is 0 Å². The number of aryl methyl sites for hydroxylation is 1. The molecule has 0 spiro atoms. The van der Waals surface area contributed by atoms with Crippen LogP contribution >= 0.6 is 54.5 Å². The molecule has 83 valence electrons. The molecule has 1 aromatic rings. The first-order chi connectivity index (χ1) is 7.24. The molecule has 0 aromatic carbocycles. The first kappa shape index (κ1) is 16.8. The van der Waals surface area contributed by atoms with Gasteiger partial charge in [0.25, 0.3) is 0 Å². The predicted octanol–water partition coefficient (Wildman–Crippen LogP) is 6.12. The summed E-state index contributed by atoms with van der Waals surface area (Å²) in [4.78, 5) is 0. The molecule has 0 N–H and O–H groups in total. The van der Waals surface area contributed by atoms with Gasteiger partial charge in [0.1, 0.15) is 0 Å². The standard InChI is InChI=1S/C10H14BrS.2BrH.Zn/c1-2-3-4-5-6-9-7-10(11)12-8-9;;;/h7H,2-6H2,1H3;2*1H;/q;;;+2/p-2. The van der Waals surface area contributed by atoms with Crippen LogP contribution in [0.5, 0.6) is 0 Å². The van der Waals surface area contributed by atoms with E-state index in [-0.39, 0.29) is 13.2 Å². The molecule has 0 aliphatic rings. The zero-order valence-electron chi connectivity index (χ0n) is 8.86. The summed E-state index contributed by atoms with van der Waals surface area (Å²) in [5, 5.41) is 3.28. The molecule has 1 aromatic heterocycles. The van der Waals surface area contributed by atoms with E-state index < -0.39 is 0 Å². The van der Waals surface area contributed by atoms with Gasteiger partial charge >= 0.3 is 40.5 Å². The summed E-state index contributed by atoms with van der Waals surface area (Å²) in [6.45, 7) is 2.24. The summed E-state index contributed by atoms with van der Waals surface area (Å²) in [5.41, 5.74) is 1.36. The maximum absolute atomic E-state index is 3.44. The Balaban J connectivity index is 0.000000583. The number of unbranched alkanes of at least 4 members (excludes halogenated alkanes) is 3. The first-order valence-electron chi connectivity index (χ1n) is 5.02. The third-order valence-corrected chi connectivity index (χ3v) is 3.26. The Bertz CT molecular complexity index is 240. The van der Waals surface area contributed by atoms with Crippen molar-refractivity contribution in [2.45, 2.75) is 39.0 Å². The van der Waals surface area contributed by atoms with Gasteiger partial charge in [-0.3, -0.25) is 0 Å². The molecule has 0 nitrogen and oxygen atoms in total. The molecule has 0 bridgehead atoms. The van der Waals surface area contributed by atoms with Gasteiger partial charge in [-0.25, -0.2) is 0 Å². The van der Waals surface area contributed by atoms with Crippen LogP contribution in [0, 0.1) is 5.38 Å². The van der Waals surface area contributed by atoms with Crippen molar-refractivity contribution >= 4 is 54.5 Å². The maximum atomic E-state index is 3.44. The van der Waals surface area contributed by atoms with Crippen molar-refractivity contribution in [3.63, 3.8) is 0 Å². The van der Waals surface area contributed by atoms with Crippen molar-refractivity contribution in [3.8, 4) is 0 Å². The average Bonchev–Trinajstić information content (AvgIpc) is 2.60. The van der Waals surface area contributed by atoms with Crippen LogP contribution < -0.4 is 0 Å². The Morgan fingerprint density at radius 1 is 1.33 bits per heavy atom. The summed E-state index contributed by atoms with van der Waals surface area (Å²) >= 11 is 11.4. The quantitative estimate of drug-likeness (QED) is 0.359. The zero-order valence-corrected chi connectivity index (χ0v) is 17.4. The van der Waals surface area contributed by atoms with E-state index in [1.165, 1.54) is 41.5 Å². The van der Waals surface area contributed by atoms with Gasteiger partial charge in [-0.05, 0) is 40.4 Å². The van der Waals surface area contributed by atoms with Gasteiger partial charge in [0, 0.05) is 5.38 Å². The Morgan fingerprint density at radius 2 is 2.00 bits per heavy atom. The second kappa shape index (κ2) is 12.2. The van der Waals surface area contributed by atoms with E-state index in [1.54, 1.807) is 11.3 Å². The van der Waals surface area contributed by atoms with Crippen LogP contribution in [0.25, 0.3) is 0 Å². The molecule has 0 saturated carbocycles. The Kier molecular flexibility index (Phi) is 13.7. The van der Waals surface area contributed by atoms with Crippen LogP contribution in [0.4, 0.5) is 0 Å². The van der Waals surface area contributed by atoms with Gasteiger partial charge in [-0.2, -0.15) is 0 Å². The van der Waals surface area contributed by atoms with Crippen LogP contribution in [-0.2, 0) is 19.6 Å². The Labute approximate surface area is 126 Å². The van der Waals surface area contributed by atoms with Crippen molar-refractivity contribution in [2.24, 2.45) is 0 Å². The number of rotatable bonds is 5. The molecule has 1 radical (unpaired) electrons. The first-order valence-corrected chi connectivity index (χ1v) is 20.5. The molecule has 1 heterocycles. The molecule has 0 unspecified atom stereocenters. The number of hydrogen-bond acceptors (Lipinski definition) is 1. The summed E-state index contributed by atoms with van der Waals surface area (Å²) in [6.07, 6.45) is 6.55. The van der Waals surface area contributed by atoms with Crippen LogP contribution in [-0.4, -0.2) is 0 Å². The number of hydrogen-bond donors (Lipinski definition) is 0. The fourth-order valence-electron chi connectivity index (χ4n) is 1.18. The molecular formula is C10H14Br3SZn. The fourth-order valence-corrected chi connectivity index (χ4v) is 2.29. The topological polar surface area (TPSA) is 0 Å². The second-order valence-electron chi connectivity index (χ2n) is 3.09. The second-order valence-corrected chi connectivity index (χ2v) is 19.4. The molecule has 1 rings (SSSR count). The molecule has 0 fully saturated rings. The Morgan fingerprint density at radius 3 is 2.47 bits per heavy atom. The van der Waals surface area contributed by atoms with Gasteiger partial charge in [0.15, 0.2) is 0 Å². The third kappa shape index (κ3) is 10.6.